The van der Waals surface area contributed by atoms with Gasteiger partial charge in [-0.2, -0.15) is 0 Å². The minimum Gasteiger partial charge on any atom is -0.481 e. The summed E-state index contributed by atoms with van der Waals surface area (Å²) in [5.74, 6) is -0.775. The summed E-state index contributed by atoms with van der Waals surface area (Å²) in [5, 5.41) is 15.5. The van der Waals surface area contributed by atoms with Crippen molar-refractivity contribution in [2.45, 2.75) is 32.4 Å². The van der Waals surface area contributed by atoms with Gasteiger partial charge >= 0.3 is 5.97 Å². The lowest BCUT2D eigenvalue weighted by Crippen LogP contribution is -2.40. The quantitative estimate of drug-likeness (QED) is 0.870. The summed E-state index contributed by atoms with van der Waals surface area (Å²) in [6.07, 6.45) is 0.120. The number of carboxylic acid groups (broad SMARTS) is 1. The van der Waals surface area contributed by atoms with Gasteiger partial charge in [-0.3, -0.25) is 4.79 Å². The van der Waals surface area contributed by atoms with Crippen molar-refractivity contribution in [3.63, 3.8) is 0 Å². The number of rotatable bonds is 5. The molecule has 0 aliphatic rings. The first-order valence-corrected chi connectivity index (χ1v) is 6.78. The van der Waals surface area contributed by atoms with Gasteiger partial charge in [0.1, 0.15) is 0 Å². The minimum absolute atomic E-state index is 0.120. The lowest BCUT2D eigenvalue weighted by molar-refractivity contribution is -0.138. The molecule has 1 aromatic heterocycles. The molecule has 2 aromatic rings. The van der Waals surface area contributed by atoms with Gasteiger partial charge in [-0.25, -0.2) is 0 Å². The molecule has 0 bridgehead atoms. The van der Waals surface area contributed by atoms with Crippen molar-refractivity contribution in [2.24, 2.45) is 0 Å². The standard InChI is InChI=1S/C14H17NO2S/c1-14(2,7-13(16)17)15-8-10-9-18-12-6-4-3-5-11(10)12/h3-6,9,15H,7-8H2,1-2H3,(H,16,17). The van der Waals surface area contributed by atoms with Crippen LogP contribution < -0.4 is 5.32 Å². The Bertz CT molecular complexity index is 560. The first-order chi connectivity index (χ1) is 8.48. The van der Waals surface area contributed by atoms with E-state index >= 15 is 0 Å². The molecule has 0 aliphatic heterocycles. The highest BCUT2D eigenvalue weighted by molar-refractivity contribution is 7.17. The number of benzene rings is 1. The van der Waals surface area contributed by atoms with E-state index in [1.807, 2.05) is 26.0 Å². The van der Waals surface area contributed by atoms with Crippen molar-refractivity contribution in [3.05, 3.63) is 35.2 Å². The van der Waals surface area contributed by atoms with Crippen LogP contribution in [0.4, 0.5) is 0 Å². The molecule has 0 aliphatic carbocycles. The van der Waals surface area contributed by atoms with E-state index in [0.29, 0.717) is 6.54 Å². The molecule has 18 heavy (non-hydrogen) atoms. The van der Waals surface area contributed by atoms with Crippen LogP contribution in [0, 0.1) is 0 Å². The predicted molar refractivity (Wildman–Crippen MR) is 75.0 cm³/mol. The van der Waals surface area contributed by atoms with E-state index in [-0.39, 0.29) is 6.42 Å². The van der Waals surface area contributed by atoms with Crippen LogP contribution in [0.25, 0.3) is 10.1 Å². The average Bonchev–Trinajstić information content (AvgIpc) is 2.68. The van der Waals surface area contributed by atoms with E-state index in [1.165, 1.54) is 15.6 Å². The number of carboxylic acids is 1. The van der Waals surface area contributed by atoms with Crippen molar-refractivity contribution in [1.82, 2.24) is 5.32 Å². The summed E-state index contributed by atoms with van der Waals surface area (Å²) in [6.45, 7) is 4.52. The fourth-order valence-electron chi connectivity index (χ4n) is 1.94. The molecular weight excluding hydrogens is 246 g/mol. The van der Waals surface area contributed by atoms with Gasteiger partial charge in [0.15, 0.2) is 0 Å². The highest BCUT2D eigenvalue weighted by Gasteiger charge is 2.21. The molecule has 0 saturated carbocycles. The number of hydrogen-bond acceptors (Lipinski definition) is 3. The smallest absolute Gasteiger partial charge is 0.305 e. The van der Waals surface area contributed by atoms with Gasteiger partial charge < -0.3 is 10.4 Å². The number of nitrogens with one attached hydrogen (secondary N) is 1. The molecule has 1 aromatic carbocycles. The third-order valence-electron chi connectivity index (χ3n) is 2.91. The van der Waals surface area contributed by atoms with Gasteiger partial charge in [0.05, 0.1) is 6.42 Å². The molecule has 0 saturated heterocycles. The second-order valence-electron chi connectivity index (χ2n) is 5.07. The average molecular weight is 263 g/mol. The second-order valence-corrected chi connectivity index (χ2v) is 5.98. The zero-order valence-corrected chi connectivity index (χ0v) is 11.4. The summed E-state index contributed by atoms with van der Waals surface area (Å²) in [6, 6.07) is 8.27. The molecule has 0 atom stereocenters. The van der Waals surface area contributed by atoms with E-state index in [0.717, 1.165) is 0 Å². The largest absolute Gasteiger partial charge is 0.481 e. The first-order valence-electron chi connectivity index (χ1n) is 5.90. The monoisotopic (exact) mass is 263 g/mol. The Hall–Kier alpha value is -1.39. The van der Waals surface area contributed by atoms with Crippen molar-refractivity contribution >= 4 is 27.4 Å². The molecule has 2 rings (SSSR count). The fraction of sp³-hybridized carbons (Fsp3) is 0.357. The number of fused-ring (bicyclic) bond motifs is 1. The molecule has 0 unspecified atom stereocenters. The Morgan fingerprint density at radius 1 is 1.39 bits per heavy atom. The van der Waals surface area contributed by atoms with Gasteiger partial charge in [-0.1, -0.05) is 18.2 Å². The van der Waals surface area contributed by atoms with Crippen LogP contribution in [0.1, 0.15) is 25.8 Å². The molecule has 2 N–H and O–H groups in total. The molecule has 0 spiro atoms. The predicted octanol–water partition coefficient (Wildman–Crippen LogP) is 3.24. The molecule has 96 valence electrons. The summed E-state index contributed by atoms with van der Waals surface area (Å²) in [4.78, 5) is 10.8. The van der Waals surface area contributed by atoms with E-state index in [1.54, 1.807) is 11.3 Å². The van der Waals surface area contributed by atoms with E-state index in [2.05, 4.69) is 22.8 Å². The van der Waals surface area contributed by atoms with Crippen LogP contribution in [0.15, 0.2) is 29.6 Å². The highest BCUT2D eigenvalue weighted by atomic mass is 32.1. The summed E-state index contributed by atoms with van der Waals surface area (Å²) < 4.78 is 1.27. The lowest BCUT2D eigenvalue weighted by atomic mass is 10.0. The fourth-order valence-corrected chi connectivity index (χ4v) is 2.91. The van der Waals surface area contributed by atoms with Crippen LogP contribution in [-0.4, -0.2) is 16.6 Å². The maximum absolute atomic E-state index is 10.8. The van der Waals surface area contributed by atoms with Gasteiger partial charge in [0.2, 0.25) is 0 Å². The Kier molecular flexibility index (Phi) is 3.68. The van der Waals surface area contributed by atoms with Gasteiger partial charge in [0.25, 0.3) is 0 Å². The Morgan fingerprint density at radius 2 is 2.11 bits per heavy atom. The number of carbonyl (C=O) groups is 1. The third kappa shape index (κ3) is 3.09. The second kappa shape index (κ2) is 5.08. The molecule has 0 amide bonds. The van der Waals surface area contributed by atoms with Crippen LogP contribution in [0.3, 0.4) is 0 Å². The van der Waals surface area contributed by atoms with E-state index in [4.69, 9.17) is 5.11 Å². The zero-order chi connectivity index (χ0) is 13.2. The topological polar surface area (TPSA) is 49.3 Å². The van der Waals surface area contributed by atoms with Crippen LogP contribution >= 0.6 is 11.3 Å². The van der Waals surface area contributed by atoms with Gasteiger partial charge in [0, 0.05) is 16.8 Å². The normalized spacial score (nSPS) is 11.9. The number of thiophene rings is 1. The third-order valence-corrected chi connectivity index (χ3v) is 3.92. The van der Waals surface area contributed by atoms with Crippen LogP contribution in [0.2, 0.25) is 0 Å². The molecule has 0 radical (unpaired) electrons. The zero-order valence-electron chi connectivity index (χ0n) is 10.6. The van der Waals surface area contributed by atoms with Gasteiger partial charge in [-0.05, 0) is 36.2 Å². The summed E-state index contributed by atoms with van der Waals surface area (Å²) >= 11 is 1.72. The summed E-state index contributed by atoms with van der Waals surface area (Å²) in [5.41, 5.74) is 0.837. The van der Waals surface area contributed by atoms with Crippen molar-refractivity contribution in [2.75, 3.05) is 0 Å². The minimum atomic E-state index is -0.775. The van der Waals surface area contributed by atoms with Gasteiger partial charge in [-0.15, -0.1) is 11.3 Å². The molecular formula is C14H17NO2S. The first kappa shape index (κ1) is 13.1. The highest BCUT2D eigenvalue weighted by Crippen LogP contribution is 2.26. The lowest BCUT2D eigenvalue weighted by Gasteiger charge is -2.24. The molecule has 4 heteroatoms. The van der Waals surface area contributed by atoms with Crippen molar-refractivity contribution in [3.8, 4) is 0 Å². The molecule has 0 fully saturated rings. The Balaban J connectivity index is 2.08. The van der Waals surface area contributed by atoms with Crippen LogP contribution in [-0.2, 0) is 11.3 Å². The van der Waals surface area contributed by atoms with Crippen LogP contribution in [0.5, 0.6) is 0 Å². The number of hydrogen-bond donors (Lipinski definition) is 2. The maximum atomic E-state index is 10.8. The van der Waals surface area contributed by atoms with Crippen molar-refractivity contribution < 1.29 is 9.90 Å². The van der Waals surface area contributed by atoms with E-state index < -0.39 is 11.5 Å². The Morgan fingerprint density at radius 3 is 2.83 bits per heavy atom. The number of aliphatic carboxylic acids is 1. The van der Waals surface area contributed by atoms with Crippen molar-refractivity contribution in [1.29, 1.82) is 0 Å². The van der Waals surface area contributed by atoms with E-state index in [9.17, 15) is 4.79 Å². The summed E-state index contributed by atoms with van der Waals surface area (Å²) in [7, 11) is 0. The Labute approximate surface area is 110 Å². The molecule has 1 heterocycles. The SMILES string of the molecule is CC(C)(CC(=O)O)NCc1csc2ccccc12. The molecule has 3 nitrogen and oxygen atoms in total. The maximum Gasteiger partial charge on any atom is 0.305 e.